The number of nitrogens with two attached hydrogens (primary N) is 1. The summed E-state index contributed by atoms with van der Waals surface area (Å²) in [6, 6.07) is 10.4. The molecule has 2 rings (SSSR count). The number of hydrazine groups is 1. The largest absolute Gasteiger partial charge is 0.484 e. The van der Waals surface area contributed by atoms with Crippen LogP contribution in [0.1, 0.15) is 18.6 Å². The molecule has 17 heavy (non-hydrogen) atoms. The Labute approximate surface area is 108 Å². The van der Waals surface area contributed by atoms with E-state index in [4.69, 9.17) is 22.6 Å². The predicted octanol–water partition coefficient (Wildman–Crippen LogP) is 2.11. The zero-order valence-corrected chi connectivity index (χ0v) is 12.0. The fraction of sp³-hybridized carbons (Fsp3) is 0.455. The van der Waals surface area contributed by atoms with E-state index in [2.05, 4.69) is 23.7 Å². The molecule has 0 aromatic heterocycles. The summed E-state index contributed by atoms with van der Waals surface area (Å²) in [7, 11) is 3.76. The molecule has 1 aromatic carbocycles. The minimum absolute atomic E-state index is 0.00182. The second kappa shape index (κ2) is 4.84. The van der Waals surface area contributed by atoms with Crippen molar-refractivity contribution in [3.63, 3.8) is 0 Å². The Morgan fingerprint density at radius 1 is 1.41 bits per heavy atom. The molecule has 0 aliphatic carbocycles. The van der Waals surface area contributed by atoms with Crippen molar-refractivity contribution < 1.29 is 4.52 Å². The average Bonchev–Trinajstić information content (AvgIpc) is 2.56. The van der Waals surface area contributed by atoms with Gasteiger partial charge in [-0.25, -0.2) is 10.4 Å². The summed E-state index contributed by atoms with van der Waals surface area (Å²) in [5.74, 6) is 5.84. The van der Waals surface area contributed by atoms with Crippen LogP contribution in [0.3, 0.4) is 0 Å². The standard InChI is InChI=1S/C11H18N3OPS/c1-9-11(10-7-5-4-6-8-10)15-16(17,13(9)2)14(3)12/h4-9,11H,12H2,1-3H3/t9-,11-,16?/m1/s1. The quantitative estimate of drug-likeness (QED) is 0.386. The molecular formula is C11H18N3OPS. The first-order chi connectivity index (χ1) is 7.97. The molecule has 0 radical (unpaired) electrons. The molecule has 0 amide bonds. The van der Waals surface area contributed by atoms with Crippen molar-refractivity contribution in [2.24, 2.45) is 5.84 Å². The molecular weight excluding hydrogens is 253 g/mol. The molecule has 1 aromatic rings. The first-order valence-corrected chi connectivity index (χ1v) is 8.15. The maximum Gasteiger partial charge on any atom is 0.184 e. The van der Waals surface area contributed by atoms with Gasteiger partial charge in [0.25, 0.3) is 0 Å². The maximum absolute atomic E-state index is 6.07. The van der Waals surface area contributed by atoms with Crippen LogP contribution in [0.15, 0.2) is 30.3 Å². The third-order valence-corrected chi connectivity index (χ3v) is 7.47. The SMILES string of the molecule is C[C@@H]1[C@H](c2ccccc2)O[P+]([S-])(N(C)N)N1C. The van der Waals surface area contributed by atoms with E-state index in [1.807, 2.05) is 25.2 Å². The van der Waals surface area contributed by atoms with Gasteiger partial charge < -0.3 is 12.2 Å². The molecule has 3 atom stereocenters. The van der Waals surface area contributed by atoms with Crippen molar-refractivity contribution in [1.82, 2.24) is 9.45 Å². The smallest absolute Gasteiger partial charge is 0.184 e. The second-order valence-corrected chi connectivity index (χ2v) is 8.20. The van der Waals surface area contributed by atoms with Crippen LogP contribution in [-0.2, 0) is 16.8 Å². The van der Waals surface area contributed by atoms with Crippen LogP contribution in [0.5, 0.6) is 0 Å². The number of hydrogen-bond acceptors (Lipinski definition) is 5. The lowest BCUT2D eigenvalue weighted by Gasteiger charge is -2.35. The van der Waals surface area contributed by atoms with E-state index in [-0.39, 0.29) is 12.1 Å². The summed E-state index contributed by atoms with van der Waals surface area (Å²) >= 11 is 5.58. The second-order valence-electron chi connectivity index (χ2n) is 4.32. The summed E-state index contributed by atoms with van der Waals surface area (Å²) in [5, 5.41) is 0. The highest BCUT2D eigenvalue weighted by Crippen LogP contribution is 2.70. The summed E-state index contributed by atoms with van der Waals surface area (Å²) < 4.78 is 9.70. The van der Waals surface area contributed by atoms with E-state index in [1.54, 1.807) is 11.8 Å². The highest BCUT2D eigenvalue weighted by atomic mass is 32.7. The monoisotopic (exact) mass is 271 g/mol. The summed E-state index contributed by atoms with van der Waals surface area (Å²) in [6.07, 6.45) is -0.00182. The van der Waals surface area contributed by atoms with Gasteiger partial charge >= 0.3 is 0 Å². The third kappa shape index (κ3) is 2.24. The van der Waals surface area contributed by atoms with Gasteiger partial charge in [0.2, 0.25) is 0 Å². The maximum atomic E-state index is 6.07. The lowest BCUT2D eigenvalue weighted by atomic mass is 10.0. The molecule has 1 saturated heterocycles. The van der Waals surface area contributed by atoms with E-state index >= 15 is 0 Å². The number of hydrogen-bond donors (Lipinski definition) is 1. The zero-order valence-electron chi connectivity index (χ0n) is 10.3. The number of rotatable bonds is 2. The Hall–Kier alpha value is -0.160. The van der Waals surface area contributed by atoms with E-state index in [0.29, 0.717) is 0 Å². The molecule has 2 N–H and O–H groups in total. The Kier molecular flexibility index (Phi) is 3.78. The molecule has 0 spiro atoms. The molecule has 4 nitrogen and oxygen atoms in total. The zero-order chi connectivity index (χ0) is 12.6. The number of nitrogens with zero attached hydrogens (tertiary/aromatic N) is 2. The Morgan fingerprint density at radius 3 is 2.47 bits per heavy atom. The first kappa shape index (κ1) is 13.3. The van der Waals surface area contributed by atoms with Gasteiger partial charge in [-0.15, -0.1) is 0 Å². The summed E-state index contributed by atoms with van der Waals surface area (Å²) in [6.45, 7) is -0.113. The molecule has 0 bridgehead atoms. The molecule has 1 heterocycles. The van der Waals surface area contributed by atoms with E-state index in [9.17, 15) is 0 Å². The minimum atomic E-state index is -2.23. The number of benzene rings is 1. The van der Waals surface area contributed by atoms with Crippen molar-refractivity contribution in [3.05, 3.63) is 35.9 Å². The van der Waals surface area contributed by atoms with Crippen LogP contribution in [0.2, 0.25) is 0 Å². The summed E-state index contributed by atoms with van der Waals surface area (Å²) in [4.78, 5) is 0. The van der Waals surface area contributed by atoms with Gasteiger partial charge in [0.15, 0.2) is 6.99 Å². The first-order valence-electron chi connectivity index (χ1n) is 5.52. The van der Waals surface area contributed by atoms with Gasteiger partial charge in [0.1, 0.15) is 6.10 Å². The molecule has 94 valence electrons. The highest BCUT2D eigenvalue weighted by molar-refractivity contribution is 8.38. The van der Waals surface area contributed by atoms with E-state index < -0.39 is 6.99 Å². The fourth-order valence-electron chi connectivity index (χ4n) is 2.02. The highest BCUT2D eigenvalue weighted by Gasteiger charge is 2.51. The van der Waals surface area contributed by atoms with Crippen molar-refractivity contribution in [1.29, 1.82) is 0 Å². The van der Waals surface area contributed by atoms with Crippen molar-refractivity contribution >= 4 is 19.2 Å². The van der Waals surface area contributed by atoms with Gasteiger partial charge in [-0.05, 0) is 12.5 Å². The van der Waals surface area contributed by atoms with E-state index in [1.165, 1.54) is 0 Å². The molecule has 1 fully saturated rings. The van der Waals surface area contributed by atoms with Crippen molar-refractivity contribution in [2.75, 3.05) is 14.1 Å². The Bertz CT molecular complexity index is 392. The Morgan fingerprint density at radius 2 is 2.00 bits per heavy atom. The van der Waals surface area contributed by atoms with Gasteiger partial charge in [0.05, 0.1) is 6.04 Å². The molecule has 1 aliphatic heterocycles. The van der Waals surface area contributed by atoms with Crippen LogP contribution in [0, 0.1) is 0 Å². The lowest BCUT2D eigenvalue weighted by molar-refractivity contribution is 0.211. The number of likely N-dealkylation sites (N-methyl/N-ethyl adjacent to an activating group) is 1. The topological polar surface area (TPSA) is 41.7 Å². The molecule has 1 aliphatic rings. The van der Waals surface area contributed by atoms with Crippen LogP contribution in [0.4, 0.5) is 0 Å². The minimum Gasteiger partial charge on any atom is -0.484 e. The molecule has 0 saturated carbocycles. The van der Waals surface area contributed by atoms with Gasteiger partial charge in [-0.2, -0.15) is 4.67 Å². The average molecular weight is 271 g/mol. The van der Waals surface area contributed by atoms with Crippen LogP contribution in [-0.4, -0.2) is 29.6 Å². The fourth-order valence-corrected chi connectivity index (χ4v) is 4.66. The van der Waals surface area contributed by atoms with Gasteiger partial charge in [-0.3, -0.25) is 0 Å². The normalized spacial score (nSPS) is 34.5. The van der Waals surface area contributed by atoms with Crippen LogP contribution in [0.25, 0.3) is 0 Å². The molecule has 6 heteroatoms. The van der Waals surface area contributed by atoms with Gasteiger partial charge in [-0.1, -0.05) is 35.1 Å². The molecule has 1 unspecified atom stereocenters. The summed E-state index contributed by atoms with van der Waals surface area (Å²) in [5.41, 5.74) is 1.15. The van der Waals surface area contributed by atoms with Crippen molar-refractivity contribution in [3.8, 4) is 0 Å². The Balaban J connectivity index is 2.29. The van der Waals surface area contributed by atoms with E-state index in [0.717, 1.165) is 5.56 Å². The van der Waals surface area contributed by atoms with Gasteiger partial charge in [0, 0.05) is 14.1 Å². The van der Waals surface area contributed by atoms with Crippen LogP contribution < -0.4 is 5.84 Å². The predicted molar refractivity (Wildman–Crippen MR) is 73.7 cm³/mol. The van der Waals surface area contributed by atoms with Crippen molar-refractivity contribution in [2.45, 2.75) is 19.1 Å². The third-order valence-electron chi connectivity index (χ3n) is 3.20. The van der Waals surface area contributed by atoms with Crippen LogP contribution >= 0.6 is 6.99 Å². The lowest BCUT2D eigenvalue weighted by Crippen LogP contribution is -2.34.